The number of hydrogen-bond acceptors (Lipinski definition) is 4. The smallest absolute Gasteiger partial charge is 0.272 e. The third kappa shape index (κ3) is 8.60. The Bertz CT molecular complexity index is 1510. The van der Waals surface area contributed by atoms with Gasteiger partial charge in [-0.05, 0) is 73.2 Å². The van der Waals surface area contributed by atoms with E-state index in [1.165, 1.54) is 11.8 Å². The van der Waals surface area contributed by atoms with Crippen molar-refractivity contribution in [2.75, 3.05) is 16.4 Å². The molecule has 0 aliphatic rings. The Morgan fingerprint density at radius 2 is 1.54 bits per heavy atom. The second-order valence-electron chi connectivity index (χ2n) is 8.62. The maximum Gasteiger partial charge on any atom is 0.272 e. The standard InChI is InChI=1S/C31H26ClN3O3S/c1-21-13-15-25(16-14-21)33-29(36)20-39-27-12-6-11-26(19-27)34-31(38)28(18-22-7-5-10-24(32)17-22)35-30(37)23-8-3-2-4-9-23/h2-19H,20H2,1H3,(H,33,36)(H,34,38)(H,35,37)/b28-18-. The maximum absolute atomic E-state index is 13.3. The topological polar surface area (TPSA) is 87.3 Å². The van der Waals surface area contributed by atoms with Gasteiger partial charge in [-0.2, -0.15) is 0 Å². The first kappa shape index (κ1) is 27.7. The lowest BCUT2D eigenvalue weighted by Gasteiger charge is -2.12. The third-order valence-corrected chi connectivity index (χ3v) is 6.71. The van der Waals surface area contributed by atoms with Crippen LogP contribution in [0.3, 0.4) is 0 Å². The maximum atomic E-state index is 13.3. The molecule has 0 aromatic heterocycles. The van der Waals surface area contributed by atoms with Crippen LogP contribution >= 0.6 is 23.4 Å². The zero-order valence-electron chi connectivity index (χ0n) is 21.1. The highest BCUT2D eigenvalue weighted by Crippen LogP contribution is 2.23. The SMILES string of the molecule is Cc1ccc(NC(=O)CSc2cccc(NC(=O)/C(=C/c3cccc(Cl)c3)NC(=O)c3ccccc3)c2)cc1. The molecule has 0 saturated heterocycles. The molecule has 8 heteroatoms. The molecule has 0 saturated carbocycles. The van der Waals surface area contributed by atoms with Gasteiger partial charge in [-0.25, -0.2) is 0 Å². The van der Waals surface area contributed by atoms with Crippen LogP contribution in [0, 0.1) is 6.92 Å². The van der Waals surface area contributed by atoms with E-state index in [0.29, 0.717) is 21.8 Å². The minimum atomic E-state index is -0.501. The summed E-state index contributed by atoms with van der Waals surface area (Å²) < 4.78 is 0. The lowest BCUT2D eigenvalue weighted by Crippen LogP contribution is -2.30. The van der Waals surface area contributed by atoms with Gasteiger partial charge in [0.25, 0.3) is 11.8 Å². The molecule has 196 valence electrons. The van der Waals surface area contributed by atoms with Crippen LogP contribution in [0.25, 0.3) is 6.08 Å². The first-order valence-electron chi connectivity index (χ1n) is 12.1. The Morgan fingerprint density at radius 3 is 2.28 bits per heavy atom. The van der Waals surface area contributed by atoms with Crippen LogP contribution in [0.5, 0.6) is 0 Å². The number of rotatable bonds is 9. The van der Waals surface area contributed by atoms with E-state index in [4.69, 9.17) is 11.6 Å². The Kier molecular flexibility index (Phi) is 9.56. The number of thioether (sulfide) groups is 1. The Hall–Kier alpha value is -4.33. The number of anilines is 2. The molecule has 0 fully saturated rings. The van der Waals surface area contributed by atoms with Gasteiger partial charge in [-0.1, -0.05) is 65.7 Å². The molecule has 0 aliphatic carbocycles. The highest BCUT2D eigenvalue weighted by Gasteiger charge is 2.15. The summed E-state index contributed by atoms with van der Waals surface area (Å²) >= 11 is 7.46. The van der Waals surface area contributed by atoms with E-state index in [-0.39, 0.29) is 17.4 Å². The van der Waals surface area contributed by atoms with E-state index >= 15 is 0 Å². The zero-order valence-corrected chi connectivity index (χ0v) is 22.7. The zero-order chi connectivity index (χ0) is 27.6. The normalized spacial score (nSPS) is 11.0. The van der Waals surface area contributed by atoms with Crippen molar-refractivity contribution in [3.05, 3.63) is 131 Å². The van der Waals surface area contributed by atoms with Crippen molar-refractivity contribution in [2.45, 2.75) is 11.8 Å². The Labute approximate surface area is 236 Å². The van der Waals surface area contributed by atoms with Crippen LogP contribution < -0.4 is 16.0 Å². The van der Waals surface area contributed by atoms with Gasteiger partial charge in [0.15, 0.2) is 0 Å². The van der Waals surface area contributed by atoms with E-state index in [1.54, 1.807) is 72.8 Å². The summed E-state index contributed by atoms with van der Waals surface area (Å²) in [4.78, 5) is 39.3. The average Bonchev–Trinajstić information content (AvgIpc) is 2.93. The predicted molar refractivity (Wildman–Crippen MR) is 159 cm³/mol. The molecule has 0 spiro atoms. The predicted octanol–water partition coefficient (Wildman–Crippen LogP) is 6.79. The number of benzene rings is 4. The van der Waals surface area contributed by atoms with Gasteiger partial charge in [-0.3, -0.25) is 14.4 Å². The van der Waals surface area contributed by atoms with Crippen molar-refractivity contribution in [3.8, 4) is 0 Å². The molecule has 4 aromatic carbocycles. The fraction of sp³-hybridized carbons (Fsp3) is 0.0645. The first-order valence-corrected chi connectivity index (χ1v) is 13.5. The molecule has 0 unspecified atom stereocenters. The molecule has 0 atom stereocenters. The second-order valence-corrected chi connectivity index (χ2v) is 10.1. The number of halogens is 1. The van der Waals surface area contributed by atoms with E-state index in [0.717, 1.165) is 16.1 Å². The fourth-order valence-corrected chi connectivity index (χ4v) is 4.50. The number of hydrogen-bond donors (Lipinski definition) is 3. The van der Waals surface area contributed by atoms with E-state index in [9.17, 15) is 14.4 Å². The minimum Gasteiger partial charge on any atom is -0.325 e. The summed E-state index contributed by atoms with van der Waals surface area (Å²) in [5, 5.41) is 8.93. The number of amides is 3. The molecule has 0 aliphatic heterocycles. The van der Waals surface area contributed by atoms with Crippen LogP contribution in [0.1, 0.15) is 21.5 Å². The Balaban J connectivity index is 1.45. The quantitative estimate of drug-likeness (QED) is 0.157. The summed E-state index contributed by atoms with van der Waals surface area (Å²) in [7, 11) is 0. The number of carbonyl (C=O) groups is 3. The molecule has 0 heterocycles. The number of nitrogens with one attached hydrogen (secondary N) is 3. The van der Waals surface area contributed by atoms with Crippen molar-refractivity contribution in [1.29, 1.82) is 0 Å². The van der Waals surface area contributed by atoms with E-state index in [2.05, 4.69) is 16.0 Å². The molecule has 6 nitrogen and oxygen atoms in total. The van der Waals surface area contributed by atoms with Gasteiger partial charge in [-0.15, -0.1) is 11.8 Å². The Morgan fingerprint density at radius 1 is 0.795 bits per heavy atom. The summed E-state index contributed by atoms with van der Waals surface area (Å²) in [6.45, 7) is 1.99. The van der Waals surface area contributed by atoms with Crippen LogP contribution in [0.15, 0.2) is 114 Å². The van der Waals surface area contributed by atoms with Gasteiger partial charge in [0, 0.05) is 26.9 Å². The van der Waals surface area contributed by atoms with Crippen molar-refractivity contribution >= 4 is 58.5 Å². The molecular weight excluding hydrogens is 530 g/mol. The van der Waals surface area contributed by atoms with Gasteiger partial charge in [0.1, 0.15) is 5.70 Å². The van der Waals surface area contributed by atoms with E-state index < -0.39 is 11.8 Å². The lowest BCUT2D eigenvalue weighted by molar-refractivity contribution is -0.114. The number of carbonyl (C=O) groups excluding carboxylic acids is 3. The van der Waals surface area contributed by atoms with Crippen molar-refractivity contribution in [2.24, 2.45) is 0 Å². The van der Waals surface area contributed by atoms with Crippen LogP contribution in [0.2, 0.25) is 5.02 Å². The summed E-state index contributed by atoms with van der Waals surface area (Å²) in [5.41, 5.74) is 3.52. The van der Waals surface area contributed by atoms with Gasteiger partial charge >= 0.3 is 0 Å². The molecule has 3 N–H and O–H groups in total. The van der Waals surface area contributed by atoms with Crippen LogP contribution in [-0.2, 0) is 9.59 Å². The van der Waals surface area contributed by atoms with Crippen molar-refractivity contribution in [1.82, 2.24) is 5.32 Å². The minimum absolute atomic E-state index is 0.0571. The van der Waals surface area contributed by atoms with Crippen LogP contribution in [-0.4, -0.2) is 23.5 Å². The van der Waals surface area contributed by atoms with Crippen molar-refractivity contribution in [3.63, 3.8) is 0 Å². The molecule has 0 bridgehead atoms. The molecule has 39 heavy (non-hydrogen) atoms. The average molecular weight is 556 g/mol. The summed E-state index contributed by atoms with van der Waals surface area (Å²) in [6.07, 6.45) is 1.57. The third-order valence-electron chi connectivity index (χ3n) is 5.49. The number of aryl methyl sites for hydroxylation is 1. The molecule has 3 amide bonds. The van der Waals surface area contributed by atoms with Gasteiger partial charge in [0.2, 0.25) is 5.91 Å². The molecule has 4 rings (SSSR count). The summed E-state index contributed by atoms with van der Waals surface area (Å²) in [5.74, 6) is -0.840. The van der Waals surface area contributed by atoms with Gasteiger partial charge < -0.3 is 16.0 Å². The van der Waals surface area contributed by atoms with E-state index in [1.807, 2.05) is 43.3 Å². The highest BCUT2D eigenvalue weighted by atomic mass is 35.5. The van der Waals surface area contributed by atoms with Crippen LogP contribution in [0.4, 0.5) is 11.4 Å². The molecule has 0 radical (unpaired) electrons. The monoisotopic (exact) mass is 555 g/mol. The first-order chi connectivity index (χ1) is 18.9. The fourth-order valence-electron chi connectivity index (χ4n) is 3.55. The molecular formula is C31H26ClN3O3S. The molecule has 4 aromatic rings. The van der Waals surface area contributed by atoms with Gasteiger partial charge in [0.05, 0.1) is 5.75 Å². The highest BCUT2D eigenvalue weighted by molar-refractivity contribution is 8.00. The lowest BCUT2D eigenvalue weighted by atomic mass is 10.1. The summed E-state index contributed by atoms with van der Waals surface area (Å²) in [6, 6.07) is 30.4. The van der Waals surface area contributed by atoms with Crippen molar-refractivity contribution < 1.29 is 14.4 Å². The largest absolute Gasteiger partial charge is 0.325 e. The second kappa shape index (κ2) is 13.5.